The highest BCUT2D eigenvalue weighted by Crippen LogP contribution is 2.54. The van der Waals surface area contributed by atoms with Gasteiger partial charge >= 0.3 is 0 Å². The number of allylic oxidation sites excluding steroid dienone is 4. The predicted molar refractivity (Wildman–Crippen MR) is 118 cm³/mol. The molecule has 0 fully saturated rings. The normalized spacial score (nSPS) is 24.5. The van der Waals surface area contributed by atoms with E-state index >= 15 is 0 Å². The van der Waals surface area contributed by atoms with Gasteiger partial charge in [-0.25, -0.2) is 0 Å². The molecule has 0 amide bonds. The third-order valence-corrected chi connectivity index (χ3v) is 7.07. The molecule has 2 heterocycles. The summed E-state index contributed by atoms with van der Waals surface area (Å²) in [5.74, 6) is 1.40. The molecule has 2 aliphatic heterocycles. The Hall–Kier alpha value is -2.56. The van der Waals surface area contributed by atoms with Crippen molar-refractivity contribution in [1.29, 1.82) is 0 Å². The molecule has 0 N–H and O–H groups in total. The molecule has 0 spiro atoms. The zero-order chi connectivity index (χ0) is 22.1. The first-order chi connectivity index (χ1) is 14.6. The van der Waals surface area contributed by atoms with Crippen LogP contribution in [0.3, 0.4) is 0 Å². The van der Waals surface area contributed by atoms with Crippen molar-refractivity contribution < 1.29 is 19.1 Å². The van der Waals surface area contributed by atoms with Crippen molar-refractivity contribution in [3.63, 3.8) is 0 Å². The molecule has 0 unspecified atom stereocenters. The van der Waals surface area contributed by atoms with Gasteiger partial charge in [0.2, 0.25) is 6.79 Å². The van der Waals surface area contributed by atoms with Crippen LogP contribution in [0.1, 0.15) is 71.8 Å². The van der Waals surface area contributed by atoms with Gasteiger partial charge in [-0.3, -0.25) is 9.59 Å². The Kier molecular flexibility index (Phi) is 4.41. The SMILES string of the molecule is CCN1C2=C(C(=O)CC(C)(C)C2)C(c2ccc3c(c2)OCO3)C2=C1CC(C)(C)CC2=O. The quantitative estimate of drug-likeness (QED) is 0.663. The van der Waals surface area contributed by atoms with E-state index in [1.807, 2.05) is 18.2 Å². The second kappa shape index (κ2) is 6.72. The van der Waals surface area contributed by atoms with E-state index in [4.69, 9.17) is 9.47 Å². The molecule has 5 heteroatoms. The molecule has 5 nitrogen and oxygen atoms in total. The van der Waals surface area contributed by atoms with E-state index in [0.717, 1.165) is 47.5 Å². The Morgan fingerprint density at radius 2 is 1.42 bits per heavy atom. The fourth-order valence-corrected chi connectivity index (χ4v) is 5.86. The van der Waals surface area contributed by atoms with Gasteiger partial charge in [-0.2, -0.15) is 0 Å². The van der Waals surface area contributed by atoms with E-state index in [9.17, 15) is 9.59 Å². The molecule has 164 valence electrons. The van der Waals surface area contributed by atoms with Gasteiger partial charge in [0.15, 0.2) is 23.1 Å². The van der Waals surface area contributed by atoms with Gasteiger partial charge in [0, 0.05) is 47.8 Å². The van der Waals surface area contributed by atoms with Crippen LogP contribution in [0, 0.1) is 10.8 Å². The van der Waals surface area contributed by atoms with Crippen LogP contribution in [0.5, 0.6) is 11.5 Å². The minimum atomic E-state index is -0.325. The molecular weight excluding hydrogens is 390 g/mol. The Morgan fingerprint density at radius 1 is 0.871 bits per heavy atom. The minimum Gasteiger partial charge on any atom is -0.454 e. The van der Waals surface area contributed by atoms with E-state index < -0.39 is 0 Å². The van der Waals surface area contributed by atoms with Crippen LogP contribution in [0.4, 0.5) is 0 Å². The van der Waals surface area contributed by atoms with Gasteiger partial charge in [0.1, 0.15) is 0 Å². The van der Waals surface area contributed by atoms with Gasteiger partial charge < -0.3 is 14.4 Å². The Morgan fingerprint density at radius 3 is 1.97 bits per heavy atom. The van der Waals surface area contributed by atoms with Crippen molar-refractivity contribution >= 4 is 11.6 Å². The number of rotatable bonds is 2. The molecule has 1 aromatic rings. The molecule has 0 aromatic heterocycles. The molecule has 0 saturated heterocycles. The van der Waals surface area contributed by atoms with E-state index in [1.54, 1.807) is 0 Å². The summed E-state index contributed by atoms with van der Waals surface area (Å²) in [6, 6.07) is 5.86. The topological polar surface area (TPSA) is 55.8 Å². The number of nitrogens with zero attached hydrogens (tertiary/aromatic N) is 1. The third kappa shape index (κ3) is 3.20. The van der Waals surface area contributed by atoms with Crippen molar-refractivity contribution in [3.8, 4) is 11.5 Å². The van der Waals surface area contributed by atoms with Crippen LogP contribution in [-0.2, 0) is 9.59 Å². The second-order valence-electron chi connectivity index (χ2n) is 10.9. The smallest absolute Gasteiger partial charge is 0.231 e. The lowest BCUT2D eigenvalue weighted by atomic mass is 9.63. The minimum absolute atomic E-state index is 0.0883. The van der Waals surface area contributed by atoms with Crippen LogP contribution in [0.25, 0.3) is 0 Å². The highest BCUT2D eigenvalue weighted by Gasteiger charge is 2.48. The number of benzene rings is 1. The molecule has 0 radical (unpaired) electrons. The van der Waals surface area contributed by atoms with E-state index in [0.29, 0.717) is 24.3 Å². The maximum Gasteiger partial charge on any atom is 0.231 e. The Balaban J connectivity index is 1.75. The van der Waals surface area contributed by atoms with Crippen molar-refractivity contribution in [2.24, 2.45) is 10.8 Å². The van der Waals surface area contributed by atoms with Crippen LogP contribution in [0.2, 0.25) is 0 Å². The molecule has 2 aliphatic carbocycles. The van der Waals surface area contributed by atoms with Crippen molar-refractivity contribution in [2.75, 3.05) is 13.3 Å². The van der Waals surface area contributed by atoms with Gasteiger partial charge in [-0.1, -0.05) is 33.8 Å². The molecular formula is C26H31NO4. The summed E-state index contributed by atoms with van der Waals surface area (Å²) in [6.45, 7) is 11.7. The number of carbonyl (C=O) groups excluding carboxylic acids is 2. The summed E-state index contributed by atoms with van der Waals surface area (Å²) in [4.78, 5) is 29.4. The van der Waals surface area contributed by atoms with Gasteiger partial charge in [0.25, 0.3) is 0 Å². The molecule has 0 saturated carbocycles. The Bertz CT molecular complexity index is 1010. The first-order valence-electron chi connectivity index (χ1n) is 11.3. The van der Waals surface area contributed by atoms with E-state index in [2.05, 4.69) is 39.5 Å². The van der Waals surface area contributed by atoms with Gasteiger partial charge in [-0.05, 0) is 48.3 Å². The maximum atomic E-state index is 13.6. The molecule has 0 atom stereocenters. The zero-order valence-corrected chi connectivity index (χ0v) is 19.1. The highest BCUT2D eigenvalue weighted by molar-refractivity contribution is 6.06. The first-order valence-corrected chi connectivity index (χ1v) is 11.3. The van der Waals surface area contributed by atoms with Gasteiger partial charge in [-0.15, -0.1) is 0 Å². The van der Waals surface area contributed by atoms with Gasteiger partial charge in [0.05, 0.1) is 0 Å². The average molecular weight is 422 g/mol. The molecule has 31 heavy (non-hydrogen) atoms. The van der Waals surface area contributed by atoms with Crippen LogP contribution >= 0.6 is 0 Å². The fourth-order valence-electron chi connectivity index (χ4n) is 5.86. The molecule has 5 rings (SSSR count). The zero-order valence-electron chi connectivity index (χ0n) is 19.1. The number of carbonyl (C=O) groups is 2. The number of ketones is 2. The lowest BCUT2D eigenvalue weighted by molar-refractivity contribution is -0.119. The number of ether oxygens (including phenoxy) is 2. The van der Waals surface area contributed by atoms with Crippen molar-refractivity contribution in [1.82, 2.24) is 4.90 Å². The second-order valence-corrected chi connectivity index (χ2v) is 10.9. The van der Waals surface area contributed by atoms with E-state index in [1.165, 1.54) is 0 Å². The predicted octanol–water partition coefficient (Wildman–Crippen LogP) is 5.12. The number of Topliss-reactive ketones (excluding diaryl/α,β-unsaturated/α-hetero) is 2. The lowest BCUT2D eigenvalue weighted by Crippen LogP contribution is -2.44. The monoisotopic (exact) mass is 421 g/mol. The summed E-state index contributed by atoms with van der Waals surface area (Å²) in [6.07, 6.45) is 2.70. The summed E-state index contributed by atoms with van der Waals surface area (Å²) >= 11 is 0. The van der Waals surface area contributed by atoms with E-state index in [-0.39, 0.29) is 35.1 Å². The number of fused-ring (bicyclic) bond motifs is 1. The summed E-state index contributed by atoms with van der Waals surface area (Å²) < 4.78 is 11.1. The average Bonchev–Trinajstić information content (AvgIpc) is 3.12. The fraction of sp³-hybridized carbons (Fsp3) is 0.538. The van der Waals surface area contributed by atoms with Crippen LogP contribution in [-0.4, -0.2) is 29.8 Å². The van der Waals surface area contributed by atoms with Crippen molar-refractivity contribution in [2.45, 2.75) is 66.2 Å². The molecule has 0 bridgehead atoms. The molecule has 4 aliphatic rings. The largest absolute Gasteiger partial charge is 0.454 e. The Labute approximate surface area is 184 Å². The maximum absolute atomic E-state index is 13.6. The highest BCUT2D eigenvalue weighted by atomic mass is 16.7. The van der Waals surface area contributed by atoms with Crippen molar-refractivity contribution in [3.05, 3.63) is 46.3 Å². The van der Waals surface area contributed by atoms with Crippen LogP contribution < -0.4 is 9.47 Å². The summed E-state index contributed by atoms with van der Waals surface area (Å²) in [7, 11) is 0. The molecule has 1 aromatic carbocycles. The van der Waals surface area contributed by atoms with Crippen LogP contribution in [0.15, 0.2) is 40.7 Å². The summed E-state index contributed by atoms with van der Waals surface area (Å²) in [5, 5.41) is 0. The lowest BCUT2D eigenvalue weighted by Gasteiger charge is -2.48. The standard InChI is InChI=1S/C26H31NO4/c1-6-27-16-10-25(2,3)12-18(28)23(16)22(15-7-8-20-21(9-15)31-14-30-20)24-17(27)11-26(4,5)13-19(24)29/h7-9,22H,6,10-14H2,1-5H3. The third-order valence-electron chi connectivity index (χ3n) is 7.07. The first kappa shape index (κ1) is 20.3. The number of hydrogen-bond donors (Lipinski definition) is 0. The summed E-state index contributed by atoms with van der Waals surface area (Å²) in [5.41, 5.74) is 4.61. The number of hydrogen-bond acceptors (Lipinski definition) is 5.